The molecule has 0 spiro atoms. The van der Waals surface area contributed by atoms with E-state index in [1.165, 1.54) is 0 Å². The molecule has 0 radical (unpaired) electrons. The van der Waals surface area contributed by atoms with E-state index in [-0.39, 0.29) is 5.78 Å². The molecule has 0 aliphatic carbocycles. The zero-order chi connectivity index (χ0) is 13.8. The molecule has 2 aromatic rings. The van der Waals surface area contributed by atoms with Crippen LogP contribution in [0.1, 0.15) is 42.9 Å². The highest BCUT2D eigenvalue weighted by molar-refractivity contribution is 5.94. The van der Waals surface area contributed by atoms with Crippen LogP contribution >= 0.6 is 0 Å². The van der Waals surface area contributed by atoms with Crippen LogP contribution < -0.4 is 4.74 Å². The lowest BCUT2D eigenvalue weighted by molar-refractivity contribution is 0.101. The summed E-state index contributed by atoms with van der Waals surface area (Å²) in [7, 11) is 0. The van der Waals surface area contributed by atoms with E-state index in [0.29, 0.717) is 24.0 Å². The lowest BCUT2D eigenvalue weighted by Gasteiger charge is -2.12. The first-order valence-corrected chi connectivity index (χ1v) is 6.32. The number of hydrogen-bond donors (Lipinski definition) is 0. The Morgan fingerprint density at radius 1 is 1.42 bits per heavy atom. The largest absolute Gasteiger partial charge is 0.487 e. The van der Waals surface area contributed by atoms with Gasteiger partial charge in [0.15, 0.2) is 5.78 Å². The van der Waals surface area contributed by atoms with E-state index in [9.17, 15) is 4.79 Å². The van der Waals surface area contributed by atoms with Gasteiger partial charge in [-0.05, 0) is 32.9 Å². The van der Waals surface area contributed by atoms with Crippen molar-refractivity contribution >= 4 is 5.78 Å². The maximum atomic E-state index is 11.3. The van der Waals surface area contributed by atoms with Crippen LogP contribution in [-0.4, -0.2) is 15.3 Å². The monoisotopic (exact) mass is 258 g/mol. The minimum Gasteiger partial charge on any atom is -0.487 e. The first-order chi connectivity index (χ1) is 9.08. The first-order valence-electron chi connectivity index (χ1n) is 6.32. The summed E-state index contributed by atoms with van der Waals surface area (Å²) in [6, 6.07) is 7.57. The minimum atomic E-state index is 0.0395. The van der Waals surface area contributed by atoms with Crippen molar-refractivity contribution in [2.45, 2.75) is 33.4 Å². The Balaban J connectivity index is 2.08. The van der Waals surface area contributed by atoms with Gasteiger partial charge in [0.05, 0.1) is 18.2 Å². The third kappa shape index (κ3) is 3.22. The molecule has 0 N–H and O–H groups in total. The number of carbonyl (C=O) groups excluding carboxylic acids is 1. The second-order valence-corrected chi connectivity index (χ2v) is 4.76. The molecule has 0 saturated carbocycles. The predicted molar refractivity (Wildman–Crippen MR) is 73.4 cm³/mol. The summed E-state index contributed by atoms with van der Waals surface area (Å²) in [5, 5.41) is 0. The summed E-state index contributed by atoms with van der Waals surface area (Å²) >= 11 is 0. The van der Waals surface area contributed by atoms with E-state index in [0.717, 1.165) is 5.69 Å². The fourth-order valence-electron chi connectivity index (χ4n) is 1.87. The Bertz CT molecular complexity index is 573. The maximum Gasteiger partial charge on any atom is 0.159 e. The van der Waals surface area contributed by atoms with Crippen LogP contribution in [0.3, 0.4) is 0 Å². The highest BCUT2D eigenvalue weighted by Crippen LogP contribution is 2.16. The normalized spacial score (nSPS) is 10.7. The summed E-state index contributed by atoms with van der Waals surface area (Å²) in [6.07, 6.45) is 3.60. The predicted octanol–water partition coefficient (Wildman–Crippen LogP) is 3.25. The molecule has 100 valence electrons. The van der Waals surface area contributed by atoms with Crippen LogP contribution in [0.2, 0.25) is 0 Å². The van der Waals surface area contributed by atoms with Gasteiger partial charge in [0.25, 0.3) is 0 Å². The molecule has 0 amide bonds. The van der Waals surface area contributed by atoms with Crippen LogP contribution in [0, 0.1) is 0 Å². The topological polar surface area (TPSA) is 44.1 Å². The van der Waals surface area contributed by atoms with E-state index >= 15 is 0 Å². The van der Waals surface area contributed by atoms with Crippen LogP contribution in [0.15, 0.2) is 36.8 Å². The average Bonchev–Trinajstić information content (AvgIpc) is 2.85. The number of Topliss-reactive ketones (excluding diaryl/α,β-unsaturated/α-hetero) is 1. The first kappa shape index (κ1) is 13.3. The van der Waals surface area contributed by atoms with Crippen molar-refractivity contribution in [2.24, 2.45) is 0 Å². The highest BCUT2D eigenvalue weighted by Gasteiger charge is 2.07. The van der Waals surface area contributed by atoms with Gasteiger partial charge >= 0.3 is 0 Å². The van der Waals surface area contributed by atoms with Crippen molar-refractivity contribution in [3.05, 3.63) is 48.0 Å². The SMILES string of the molecule is CC(=O)c1cccc(OCc2cncn2C(C)C)c1. The number of carbonyl (C=O) groups is 1. The Morgan fingerprint density at radius 3 is 2.89 bits per heavy atom. The molecule has 0 unspecified atom stereocenters. The van der Waals surface area contributed by atoms with Crippen LogP contribution in [-0.2, 0) is 6.61 Å². The van der Waals surface area contributed by atoms with Gasteiger partial charge < -0.3 is 9.30 Å². The van der Waals surface area contributed by atoms with Gasteiger partial charge in [-0.25, -0.2) is 4.98 Å². The fourth-order valence-corrected chi connectivity index (χ4v) is 1.87. The summed E-state index contributed by atoms with van der Waals surface area (Å²) in [5.74, 6) is 0.738. The second kappa shape index (κ2) is 5.69. The van der Waals surface area contributed by atoms with E-state index < -0.39 is 0 Å². The molecule has 19 heavy (non-hydrogen) atoms. The van der Waals surface area contributed by atoms with Crippen molar-refractivity contribution in [1.82, 2.24) is 9.55 Å². The van der Waals surface area contributed by atoms with Gasteiger partial charge in [-0.2, -0.15) is 0 Å². The lowest BCUT2D eigenvalue weighted by atomic mass is 10.1. The smallest absolute Gasteiger partial charge is 0.159 e. The van der Waals surface area contributed by atoms with E-state index in [1.807, 2.05) is 12.1 Å². The molecule has 2 rings (SSSR count). The molecule has 0 aliphatic rings. The van der Waals surface area contributed by atoms with Gasteiger partial charge in [-0.3, -0.25) is 4.79 Å². The van der Waals surface area contributed by atoms with Crippen molar-refractivity contribution < 1.29 is 9.53 Å². The summed E-state index contributed by atoms with van der Waals surface area (Å²) in [4.78, 5) is 15.4. The molecule has 1 aromatic heterocycles. The molecule has 0 saturated heterocycles. The van der Waals surface area contributed by atoms with Crippen molar-refractivity contribution in [2.75, 3.05) is 0 Å². The van der Waals surface area contributed by atoms with Crippen molar-refractivity contribution in [3.8, 4) is 5.75 Å². The van der Waals surface area contributed by atoms with Gasteiger partial charge in [0, 0.05) is 11.6 Å². The van der Waals surface area contributed by atoms with Crippen LogP contribution in [0.5, 0.6) is 5.75 Å². The third-order valence-electron chi connectivity index (χ3n) is 2.93. The Labute approximate surface area is 113 Å². The highest BCUT2D eigenvalue weighted by atomic mass is 16.5. The second-order valence-electron chi connectivity index (χ2n) is 4.76. The van der Waals surface area contributed by atoms with Crippen molar-refractivity contribution in [1.29, 1.82) is 0 Å². The zero-order valence-electron chi connectivity index (χ0n) is 11.5. The Hall–Kier alpha value is -2.10. The van der Waals surface area contributed by atoms with Gasteiger partial charge in [0.2, 0.25) is 0 Å². The van der Waals surface area contributed by atoms with Crippen LogP contribution in [0.4, 0.5) is 0 Å². The molecular formula is C15H18N2O2. The summed E-state index contributed by atoms with van der Waals surface area (Å²) < 4.78 is 7.78. The lowest BCUT2D eigenvalue weighted by Crippen LogP contribution is -2.07. The molecular weight excluding hydrogens is 240 g/mol. The van der Waals surface area contributed by atoms with E-state index in [1.54, 1.807) is 31.6 Å². The number of hydrogen-bond acceptors (Lipinski definition) is 3. The molecule has 1 heterocycles. The van der Waals surface area contributed by atoms with Crippen LogP contribution in [0.25, 0.3) is 0 Å². The third-order valence-corrected chi connectivity index (χ3v) is 2.93. The fraction of sp³-hybridized carbons (Fsp3) is 0.333. The number of imidazole rings is 1. The molecule has 4 nitrogen and oxygen atoms in total. The molecule has 0 fully saturated rings. The number of rotatable bonds is 5. The molecule has 0 atom stereocenters. The van der Waals surface area contributed by atoms with Gasteiger partial charge in [-0.1, -0.05) is 12.1 Å². The quantitative estimate of drug-likeness (QED) is 0.773. The zero-order valence-corrected chi connectivity index (χ0v) is 11.5. The average molecular weight is 258 g/mol. The van der Waals surface area contributed by atoms with Gasteiger partial charge in [-0.15, -0.1) is 0 Å². The molecule has 0 aliphatic heterocycles. The molecule has 0 bridgehead atoms. The number of nitrogens with zero attached hydrogens (tertiary/aromatic N) is 2. The number of aromatic nitrogens is 2. The molecule has 4 heteroatoms. The van der Waals surface area contributed by atoms with E-state index in [2.05, 4.69) is 23.4 Å². The van der Waals surface area contributed by atoms with Crippen molar-refractivity contribution in [3.63, 3.8) is 0 Å². The number of benzene rings is 1. The maximum absolute atomic E-state index is 11.3. The number of ketones is 1. The van der Waals surface area contributed by atoms with E-state index in [4.69, 9.17) is 4.74 Å². The standard InChI is InChI=1S/C15H18N2O2/c1-11(2)17-10-16-8-14(17)9-19-15-6-4-5-13(7-15)12(3)18/h4-8,10-11H,9H2,1-3H3. The number of ether oxygens (including phenoxy) is 1. The minimum absolute atomic E-state index is 0.0395. The summed E-state index contributed by atoms with van der Waals surface area (Å²) in [5.41, 5.74) is 1.68. The van der Waals surface area contributed by atoms with Gasteiger partial charge in [0.1, 0.15) is 12.4 Å². The Kier molecular flexibility index (Phi) is 4.00. The summed E-state index contributed by atoms with van der Waals surface area (Å²) in [6.45, 7) is 6.19. The molecule has 1 aromatic carbocycles. The Morgan fingerprint density at radius 2 is 2.21 bits per heavy atom.